The summed E-state index contributed by atoms with van der Waals surface area (Å²) < 4.78 is 36.5. The number of carbonyl (C=O) groups is 1. The summed E-state index contributed by atoms with van der Waals surface area (Å²) in [4.78, 5) is 19.5. The Kier molecular flexibility index (Phi) is 7.08. The Labute approximate surface area is 185 Å². The Hall–Kier alpha value is -2.76. The van der Waals surface area contributed by atoms with Gasteiger partial charge in [0.1, 0.15) is 5.75 Å². The van der Waals surface area contributed by atoms with Crippen LogP contribution in [0.2, 0.25) is 0 Å². The summed E-state index contributed by atoms with van der Waals surface area (Å²) in [6.45, 7) is 0.184. The van der Waals surface area contributed by atoms with E-state index >= 15 is 0 Å². The molecule has 0 aliphatic carbocycles. The van der Waals surface area contributed by atoms with E-state index in [2.05, 4.69) is 10.1 Å². The molecule has 0 saturated carbocycles. The number of hydrogen-bond donors (Lipinski definition) is 0. The zero-order valence-electron chi connectivity index (χ0n) is 17.7. The Morgan fingerprint density at radius 1 is 1.23 bits per heavy atom. The highest BCUT2D eigenvalue weighted by Gasteiger charge is 2.20. The molecule has 0 fully saturated rings. The van der Waals surface area contributed by atoms with Crippen molar-refractivity contribution in [2.24, 2.45) is 0 Å². The van der Waals surface area contributed by atoms with Gasteiger partial charge in [0.15, 0.2) is 0 Å². The van der Waals surface area contributed by atoms with E-state index in [1.54, 1.807) is 19.2 Å². The second-order valence-corrected chi connectivity index (χ2v) is 10.1. The first kappa shape index (κ1) is 22.9. The van der Waals surface area contributed by atoms with Crippen LogP contribution in [0, 0.1) is 0 Å². The summed E-state index contributed by atoms with van der Waals surface area (Å²) in [5, 5.41) is 5.87. The maximum Gasteiger partial charge on any atom is 0.246 e. The quantitative estimate of drug-likeness (QED) is 0.479. The van der Waals surface area contributed by atoms with Crippen LogP contribution in [0.15, 0.2) is 45.1 Å². The van der Waals surface area contributed by atoms with E-state index in [1.165, 1.54) is 43.5 Å². The van der Waals surface area contributed by atoms with E-state index < -0.39 is 10.0 Å². The number of ether oxygens (including phenoxy) is 1. The fourth-order valence-corrected chi connectivity index (χ4v) is 4.47. The number of amides is 1. The molecule has 3 rings (SSSR count). The number of aromatic nitrogens is 2. The van der Waals surface area contributed by atoms with Gasteiger partial charge in [0.2, 0.25) is 27.6 Å². The minimum Gasteiger partial charge on any atom is -0.496 e. The molecule has 0 aliphatic heterocycles. The van der Waals surface area contributed by atoms with Gasteiger partial charge in [0.25, 0.3) is 0 Å². The molecule has 3 aromatic rings. The van der Waals surface area contributed by atoms with Gasteiger partial charge < -0.3 is 14.2 Å². The zero-order chi connectivity index (χ0) is 22.6. The minimum atomic E-state index is -3.58. The van der Waals surface area contributed by atoms with E-state index in [-0.39, 0.29) is 23.8 Å². The lowest BCUT2D eigenvalue weighted by Gasteiger charge is -2.17. The lowest BCUT2D eigenvalue weighted by Crippen LogP contribution is -2.26. The Bertz CT molecular complexity index is 1140. The predicted molar refractivity (Wildman–Crippen MR) is 116 cm³/mol. The molecule has 0 atom stereocenters. The SMILES string of the molecule is COc1ccc(S(=O)(=O)N(C)C)cc1CCC(=O)N(C)Cc1nc(-c2cccs2)no1. The summed E-state index contributed by atoms with van der Waals surface area (Å²) in [7, 11) is 2.52. The van der Waals surface area contributed by atoms with Crippen LogP contribution in [0.1, 0.15) is 17.9 Å². The first-order chi connectivity index (χ1) is 14.7. The highest BCUT2D eigenvalue weighted by atomic mass is 32.2. The van der Waals surface area contributed by atoms with Crippen molar-refractivity contribution >= 4 is 27.3 Å². The topological polar surface area (TPSA) is 106 Å². The van der Waals surface area contributed by atoms with Crippen LogP contribution in [-0.4, -0.2) is 61.9 Å². The van der Waals surface area contributed by atoms with Crippen LogP contribution in [0.3, 0.4) is 0 Å². The zero-order valence-corrected chi connectivity index (χ0v) is 19.4. The molecule has 0 N–H and O–H groups in total. The third-order valence-electron chi connectivity index (χ3n) is 4.65. The van der Waals surface area contributed by atoms with Gasteiger partial charge in [0, 0.05) is 27.6 Å². The van der Waals surface area contributed by atoms with Crippen molar-refractivity contribution in [1.82, 2.24) is 19.3 Å². The summed E-state index contributed by atoms with van der Waals surface area (Å²) in [6.07, 6.45) is 0.498. The highest BCUT2D eigenvalue weighted by molar-refractivity contribution is 7.89. The van der Waals surface area contributed by atoms with Crippen molar-refractivity contribution in [3.8, 4) is 16.5 Å². The summed E-state index contributed by atoms with van der Waals surface area (Å²) in [5.41, 5.74) is 0.643. The second kappa shape index (κ2) is 9.58. The lowest BCUT2D eigenvalue weighted by atomic mass is 10.1. The van der Waals surface area contributed by atoms with E-state index in [9.17, 15) is 13.2 Å². The van der Waals surface area contributed by atoms with Crippen molar-refractivity contribution in [2.75, 3.05) is 28.3 Å². The molecule has 2 heterocycles. The van der Waals surface area contributed by atoms with Crippen LogP contribution < -0.4 is 4.74 Å². The highest BCUT2D eigenvalue weighted by Crippen LogP contribution is 2.25. The third kappa shape index (κ3) is 5.30. The molecular formula is C20H24N4O5S2. The molecule has 0 bridgehead atoms. The Balaban J connectivity index is 1.66. The van der Waals surface area contributed by atoms with Crippen molar-refractivity contribution in [3.05, 3.63) is 47.2 Å². The number of nitrogens with zero attached hydrogens (tertiary/aromatic N) is 4. The Morgan fingerprint density at radius 2 is 2.00 bits per heavy atom. The van der Waals surface area contributed by atoms with Crippen LogP contribution in [0.25, 0.3) is 10.7 Å². The fourth-order valence-electron chi connectivity index (χ4n) is 2.87. The van der Waals surface area contributed by atoms with Crippen LogP contribution >= 0.6 is 11.3 Å². The maximum absolute atomic E-state index is 12.6. The number of thiophene rings is 1. The van der Waals surface area contributed by atoms with E-state index in [0.717, 1.165) is 9.18 Å². The number of benzene rings is 1. The van der Waals surface area contributed by atoms with Crippen molar-refractivity contribution in [3.63, 3.8) is 0 Å². The molecule has 1 amide bonds. The number of sulfonamides is 1. The molecule has 0 aliphatic rings. The van der Waals surface area contributed by atoms with Crippen molar-refractivity contribution in [2.45, 2.75) is 24.3 Å². The molecule has 0 unspecified atom stereocenters. The smallest absolute Gasteiger partial charge is 0.246 e. The van der Waals surface area contributed by atoms with Gasteiger partial charge in [-0.2, -0.15) is 4.98 Å². The lowest BCUT2D eigenvalue weighted by molar-refractivity contribution is -0.130. The van der Waals surface area contributed by atoms with Gasteiger partial charge in [-0.15, -0.1) is 11.3 Å². The molecule has 2 aromatic heterocycles. The molecule has 1 aromatic carbocycles. The number of methoxy groups -OCH3 is 1. The maximum atomic E-state index is 12.6. The average molecular weight is 465 g/mol. The van der Waals surface area contributed by atoms with Crippen LogP contribution in [-0.2, 0) is 27.8 Å². The van der Waals surface area contributed by atoms with Gasteiger partial charge in [0.05, 0.1) is 23.4 Å². The molecule has 166 valence electrons. The predicted octanol–water partition coefficient (Wildman–Crippen LogP) is 2.65. The largest absolute Gasteiger partial charge is 0.496 e. The van der Waals surface area contributed by atoms with E-state index in [4.69, 9.17) is 9.26 Å². The molecule has 0 spiro atoms. The number of hydrogen-bond acceptors (Lipinski definition) is 8. The summed E-state index contributed by atoms with van der Waals surface area (Å²) >= 11 is 1.51. The van der Waals surface area contributed by atoms with Gasteiger partial charge >= 0.3 is 0 Å². The second-order valence-electron chi connectivity index (χ2n) is 7.00. The first-order valence-electron chi connectivity index (χ1n) is 9.42. The van der Waals surface area contributed by atoms with Crippen LogP contribution in [0.4, 0.5) is 0 Å². The summed E-state index contributed by atoms with van der Waals surface area (Å²) in [6, 6.07) is 8.44. The third-order valence-corrected chi connectivity index (χ3v) is 7.32. The number of aryl methyl sites for hydroxylation is 1. The molecule has 31 heavy (non-hydrogen) atoms. The fraction of sp³-hybridized carbons (Fsp3) is 0.350. The molecule has 9 nitrogen and oxygen atoms in total. The minimum absolute atomic E-state index is 0.140. The monoisotopic (exact) mass is 464 g/mol. The Morgan fingerprint density at radius 3 is 2.65 bits per heavy atom. The van der Waals surface area contributed by atoms with Gasteiger partial charge in [-0.05, 0) is 41.6 Å². The van der Waals surface area contributed by atoms with Crippen molar-refractivity contribution < 1.29 is 22.5 Å². The molecule has 0 saturated heterocycles. The standard InChI is InChI=1S/C20H24N4O5S2/c1-23(2)31(26,27)15-8-9-16(28-4)14(12-15)7-10-19(25)24(3)13-18-21-20(22-29-18)17-6-5-11-30-17/h5-6,8-9,11-12H,7,10,13H2,1-4H3. The van der Waals surface area contributed by atoms with E-state index in [1.807, 2.05) is 17.5 Å². The molecule has 0 radical (unpaired) electrons. The normalized spacial score (nSPS) is 11.6. The number of carbonyl (C=O) groups excluding carboxylic acids is 1. The van der Waals surface area contributed by atoms with Gasteiger partial charge in [-0.25, -0.2) is 12.7 Å². The van der Waals surface area contributed by atoms with Gasteiger partial charge in [-0.3, -0.25) is 4.79 Å². The first-order valence-corrected chi connectivity index (χ1v) is 11.7. The number of rotatable bonds is 9. The van der Waals surface area contributed by atoms with E-state index in [0.29, 0.717) is 29.4 Å². The summed E-state index contributed by atoms with van der Waals surface area (Å²) in [5.74, 6) is 1.23. The molecular weight excluding hydrogens is 440 g/mol. The van der Waals surface area contributed by atoms with Crippen LogP contribution in [0.5, 0.6) is 5.75 Å². The average Bonchev–Trinajstić information content (AvgIpc) is 3.43. The van der Waals surface area contributed by atoms with Crippen molar-refractivity contribution in [1.29, 1.82) is 0 Å². The molecule has 11 heteroatoms. The van der Waals surface area contributed by atoms with Gasteiger partial charge in [-0.1, -0.05) is 11.2 Å².